The molecule has 1 aromatic carbocycles. The van der Waals surface area contributed by atoms with Crippen LogP contribution in [0, 0.1) is 0 Å². The second-order valence-corrected chi connectivity index (χ2v) is 7.39. The number of hydrogen-bond donors (Lipinski definition) is 1. The molecule has 2 heterocycles. The van der Waals surface area contributed by atoms with Crippen molar-refractivity contribution in [1.82, 2.24) is 15.3 Å². The molecule has 0 spiro atoms. The van der Waals surface area contributed by atoms with Gasteiger partial charge in [0.1, 0.15) is 17.2 Å². The molecule has 0 radical (unpaired) electrons. The van der Waals surface area contributed by atoms with Crippen molar-refractivity contribution >= 4 is 23.5 Å². The molecule has 156 valence electrons. The first-order chi connectivity index (χ1) is 14.2. The molecule has 0 saturated carbocycles. The molecule has 29 heavy (non-hydrogen) atoms. The minimum atomic E-state index is -0.0259. The Hall–Kier alpha value is -2.52. The van der Waals surface area contributed by atoms with E-state index in [9.17, 15) is 4.79 Å². The summed E-state index contributed by atoms with van der Waals surface area (Å²) >= 11 is 1.41. The highest BCUT2D eigenvalue weighted by Gasteiger charge is 2.13. The van der Waals surface area contributed by atoms with Crippen molar-refractivity contribution in [2.45, 2.75) is 11.4 Å². The number of nitrogens with zero attached hydrogens (tertiary/aromatic N) is 3. The monoisotopic (exact) mass is 418 g/mol. The topological polar surface area (TPSA) is 85.8 Å². The molecule has 1 N–H and O–H groups in total. The van der Waals surface area contributed by atoms with Gasteiger partial charge in [0.2, 0.25) is 5.91 Å². The minimum absolute atomic E-state index is 0.0259. The van der Waals surface area contributed by atoms with Gasteiger partial charge in [0.05, 0.1) is 33.2 Å². The van der Waals surface area contributed by atoms with Gasteiger partial charge in [0.25, 0.3) is 0 Å². The number of nitrogens with one attached hydrogen (secondary N) is 1. The highest BCUT2D eigenvalue weighted by molar-refractivity contribution is 7.99. The van der Waals surface area contributed by atoms with Crippen molar-refractivity contribution in [3.8, 4) is 11.5 Å². The molecule has 1 aliphatic heterocycles. The number of morpholine rings is 1. The molecule has 0 atom stereocenters. The first-order valence-electron chi connectivity index (χ1n) is 9.44. The van der Waals surface area contributed by atoms with Gasteiger partial charge in [-0.05, 0) is 24.1 Å². The fourth-order valence-corrected chi connectivity index (χ4v) is 3.64. The van der Waals surface area contributed by atoms with E-state index in [1.165, 1.54) is 11.8 Å². The maximum Gasteiger partial charge on any atom is 0.230 e. The number of aromatic nitrogens is 2. The molecular formula is C20H26N4O4S. The second kappa shape index (κ2) is 10.9. The lowest BCUT2D eigenvalue weighted by Crippen LogP contribution is -2.36. The molecule has 1 saturated heterocycles. The smallest absolute Gasteiger partial charge is 0.230 e. The number of carbonyl (C=O) groups excluding carboxylic acids is 1. The number of benzene rings is 1. The van der Waals surface area contributed by atoms with Crippen LogP contribution in [0.1, 0.15) is 5.56 Å². The lowest BCUT2D eigenvalue weighted by Gasteiger charge is -2.27. The van der Waals surface area contributed by atoms with Gasteiger partial charge in [0.15, 0.2) is 11.5 Å². The van der Waals surface area contributed by atoms with Crippen LogP contribution >= 0.6 is 11.8 Å². The van der Waals surface area contributed by atoms with Crippen LogP contribution in [0.5, 0.6) is 11.5 Å². The number of amides is 1. The molecule has 0 bridgehead atoms. The average Bonchev–Trinajstić information content (AvgIpc) is 2.78. The average molecular weight is 419 g/mol. The maximum atomic E-state index is 12.2. The number of methoxy groups -OCH3 is 2. The Labute approximate surface area is 175 Å². The first kappa shape index (κ1) is 21.2. The van der Waals surface area contributed by atoms with E-state index in [1.54, 1.807) is 20.5 Å². The summed E-state index contributed by atoms with van der Waals surface area (Å²) in [7, 11) is 3.22. The van der Waals surface area contributed by atoms with Gasteiger partial charge in [-0.15, -0.1) is 0 Å². The van der Waals surface area contributed by atoms with Gasteiger partial charge >= 0.3 is 0 Å². The van der Waals surface area contributed by atoms with E-state index >= 15 is 0 Å². The van der Waals surface area contributed by atoms with E-state index < -0.39 is 0 Å². The zero-order valence-electron chi connectivity index (χ0n) is 16.7. The molecule has 0 unspecified atom stereocenters. The number of rotatable bonds is 9. The second-order valence-electron chi connectivity index (χ2n) is 6.39. The van der Waals surface area contributed by atoms with Crippen molar-refractivity contribution in [3.05, 3.63) is 36.2 Å². The molecular weight excluding hydrogens is 392 g/mol. The van der Waals surface area contributed by atoms with Gasteiger partial charge in [-0.25, -0.2) is 9.97 Å². The number of thioether (sulfide) groups is 1. The van der Waals surface area contributed by atoms with Gasteiger partial charge in [-0.3, -0.25) is 4.79 Å². The largest absolute Gasteiger partial charge is 0.493 e. The van der Waals surface area contributed by atoms with Gasteiger partial charge in [0, 0.05) is 25.7 Å². The van der Waals surface area contributed by atoms with Crippen LogP contribution in [0.25, 0.3) is 0 Å². The number of hydrogen-bond acceptors (Lipinski definition) is 8. The summed E-state index contributed by atoms with van der Waals surface area (Å²) < 4.78 is 15.9. The van der Waals surface area contributed by atoms with Crippen LogP contribution in [0.4, 0.5) is 5.82 Å². The third kappa shape index (κ3) is 6.23. The standard InChI is InChI=1S/C20H26N4O4S/c1-26-16-4-3-15(11-17(16)27-2)5-6-21-19(25)13-29-20-12-18(22-14-23-20)24-7-9-28-10-8-24/h3-4,11-12,14H,5-10,13H2,1-2H3,(H,21,25). The van der Waals surface area contributed by atoms with Gasteiger partial charge in [-0.2, -0.15) is 0 Å². The molecule has 0 aliphatic carbocycles. The molecule has 1 amide bonds. The van der Waals surface area contributed by atoms with Gasteiger partial charge < -0.3 is 24.4 Å². The van der Waals surface area contributed by atoms with E-state index in [4.69, 9.17) is 14.2 Å². The minimum Gasteiger partial charge on any atom is -0.493 e. The van der Waals surface area contributed by atoms with E-state index in [2.05, 4.69) is 20.2 Å². The van der Waals surface area contributed by atoms with Crippen LogP contribution in [-0.2, 0) is 16.0 Å². The Kier molecular flexibility index (Phi) is 7.94. The summed E-state index contributed by atoms with van der Waals surface area (Å²) in [5.74, 6) is 2.54. The van der Waals surface area contributed by atoms with Crippen molar-refractivity contribution in [3.63, 3.8) is 0 Å². The fourth-order valence-electron chi connectivity index (χ4n) is 2.95. The molecule has 3 rings (SSSR count). The molecule has 8 nitrogen and oxygen atoms in total. The SMILES string of the molecule is COc1ccc(CCNC(=O)CSc2cc(N3CCOCC3)ncn2)cc1OC. The lowest BCUT2D eigenvalue weighted by atomic mass is 10.1. The maximum absolute atomic E-state index is 12.2. The molecule has 9 heteroatoms. The molecule has 1 fully saturated rings. The van der Waals surface area contributed by atoms with Crippen LogP contribution in [0.3, 0.4) is 0 Å². The summed E-state index contributed by atoms with van der Waals surface area (Å²) in [5, 5.41) is 3.73. The van der Waals surface area contributed by atoms with Crippen molar-refractivity contribution < 1.29 is 19.0 Å². The van der Waals surface area contributed by atoms with E-state index in [1.807, 2.05) is 24.3 Å². The summed E-state index contributed by atoms with van der Waals surface area (Å²) in [6, 6.07) is 7.68. The van der Waals surface area contributed by atoms with Crippen LogP contribution in [0.15, 0.2) is 35.6 Å². The summed E-state index contributed by atoms with van der Waals surface area (Å²) in [4.78, 5) is 22.9. The van der Waals surface area contributed by atoms with Crippen molar-refractivity contribution in [1.29, 1.82) is 0 Å². The molecule has 2 aromatic rings. The number of carbonyl (C=O) groups is 1. The Bertz CT molecular complexity index is 815. The highest BCUT2D eigenvalue weighted by atomic mass is 32.2. The number of anilines is 1. The fraction of sp³-hybridized carbons (Fsp3) is 0.450. The Morgan fingerprint density at radius 3 is 2.72 bits per heavy atom. The van der Waals surface area contributed by atoms with Crippen LogP contribution < -0.4 is 19.7 Å². The van der Waals surface area contributed by atoms with Gasteiger partial charge in [-0.1, -0.05) is 17.8 Å². The quantitative estimate of drug-likeness (QED) is 0.487. The van der Waals surface area contributed by atoms with Crippen molar-refractivity contribution in [2.75, 3.05) is 57.7 Å². The van der Waals surface area contributed by atoms with Crippen LogP contribution in [0.2, 0.25) is 0 Å². The number of ether oxygens (including phenoxy) is 3. The summed E-state index contributed by atoms with van der Waals surface area (Å²) in [6.45, 7) is 3.59. The van der Waals surface area contributed by atoms with Crippen molar-refractivity contribution in [2.24, 2.45) is 0 Å². The summed E-state index contributed by atoms with van der Waals surface area (Å²) in [5.41, 5.74) is 1.07. The Morgan fingerprint density at radius 2 is 1.97 bits per heavy atom. The zero-order chi connectivity index (χ0) is 20.5. The Morgan fingerprint density at radius 1 is 1.17 bits per heavy atom. The third-order valence-electron chi connectivity index (χ3n) is 4.50. The predicted molar refractivity (Wildman–Crippen MR) is 112 cm³/mol. The normalized spacial score (nSPS) is 13.8. The van der Waals surface area contributed by atoms with E-state index in [-0.39, 0.29) is 5.91 Å². The van der Waals surface area contributed by atoms with E-state index in [0.717, 1.165) is 29.5 Å². The summed E-state index contributed by atoms with van der Waals surface area (Å²) in [6.07, 6.45) is 2.26. The van der Waals surface area contributed by atoms with E-state index in [0.29, 0.717) is 43.4 Å². The molecule has 1 aliphatic rings. The third-order valence-corrected chi connectivity index (χ3v) is 5.42. The lowest BCUT2D eigenvalue weighted by molar-refractivity contribution is -0.118. The Balaban J connectivity index is 1.43. The predicted octanol–water partition coefficient (Wildman–Crippen LogP) is 1.78. The molecule has 1 aromatic heterocycles. The highest BCUT2D eigenvalue weighted by Crippen LogP contribution is 2.27. The first-order valence-corrected chi connectivity index (χ1v) is 10.4. The zero-order valence-corrected chi connectivity index (χ0v) is 17.5. The van der Waals surface area contributed by atoms with Crippen LogP contribution in [-0.4, -0.2) is 68.7 Å².